The van der Waals surface area contributed by atoms with Gasteiger partial charge in [-0.15, -0.1) is 0 Å². The number of phenolic OH excluding ortho intramolecular Hbond substituents is 1. The van der Waals surface area contributed by atoms with Crippen LogP contribution in [-0.2, 0) is 6.54 Å². The smallest absolute Gasteiger partial charge is 0.315 e. The molecule has 0 bridgehead atoms. The van der Waals surface area contributed by atoms with Crippen LogP contribution >= 0.6 is 0 Å². The molecule has 0 aliphatic rings. The van der Waals surface area contributed by atoms with E-state index in [1.807, 2.05) is 0 Å². The average Bonchev–Trinajstić information content (AvgIpc) is 2.25. The van der Waals surface area contributed by atoms with Crippen LogP contribution in [0, 0.1) is 0 Å². The lowest BCUT2D eigenvalue weighted by Crippen LogP contribution is -2.37. The highest BCUT2D eigenvalue weighted by Crippen LogP contribution is 2.08. The zero-order chi connectivity index (χ0) is 11.1. The highest BCUT2D eigenvalue weighted by atomic mass is 16.3. The second-order valence-electron chi connectivity index (χ2n) is 3.06. The molecule has 5 heteroatoms. The van der Waals surface area contributed by atoms with Crippen molar-refractivity contribution in [2.24, 2.45) is 5.73 Å². The molecule has 82 valence electrons. The number of nitrogens with one attached hydrogen (secondary N) is 2. The van der Waals surface area contributed by atoms with E-state index in [9.17, 15) is 4.79 Å². The molecule has 0 unspecified atom stereocenters. The summed E-state index contributed by atoms with van der Waals surface area (Å²) in [6, 6.07) is 6.41. The van der Waals surface area contributed by atoms with E-state index in [4.69, 9.17) is 10.8 Å². The minimum absolute atomic E-state index is 0.214. The maximum absolute atomic E-state index is 11.1. The van der Waals surface area contributed by atoms with Crippen LogP contribution in [0.25, 0.3) is 0 Å². The van der Waals surface area contributed by atoms with Crippen molar-refractivity contribution in [1.82, 2.24) is 10.6 Å². The Labute approximate surface area is 88.3 Å². The van der Waals surface area contributed by atoms with Gasteiger partial charge in [-0.2, -0.15) is 0 Å². The quantitative estimate of drug-likeness (QED) is 0.569. The number of carbonyl (C=O) groups excluding carboxylic acids is 1. The standard InChI is InChI=1S/C10H15N3O2/c11-5-6-12-10(15)13-7-8-1-3-9(14)4-2-8/h1-4,14H,5-7,11H2,(H2,12,13,15). The maximum atomic E-state index is 11.1. The molecule has 1 aromatic carbocycles. The lowest BCUT2D eigenvalue weighted by molar-refractivity contribution is 0.241. The summed E-state index contributed by atoms with van der Waals surface area (Å²) in [5, 5.41) is 14.3. The largest absolute Gasteiger partial charge is 0.508 e. The highest BCUT2D eigenvalue weighted by Gasteiger charge is 1.98. The number of carbonyl (C=O) groups is 1. The number of urea groups is 1. The minimum atomic E-state index is -0.242. The van der Waals surface area contributed by atoms with Gasteiger partial charge >= 0.3 is 6.03 Å². The fourth-order valence-electron chi connectivity index (χ4n) is 1.04. The van der Waals surface area contributed by atoms with Gasteiger partial charge in [0, 0.05) is 19.6 Å². The fourth-order valence-corrected chi connectivity index (χ4v) is 1.04. The third kappa shape index (κ3) is 4.33. The van der Waals surface area contributed by atoms with E-state index in [-0.39, 0.29) is 11.8 Å². The Hall–Kier alpha value is -1.75. The van der Waals surface area contributed by atoms with Crippen LogP contribution in [-0.4, -0.2) is 24.2 Å². The number of hydrogen-bond acceptors (Lipinski definition) is 3. The molecule has 0 saturated heterocycles. The number of nitrogens with two attached hydrogens (primary N) is 1. The minimum Gasteiger partial charge on any atom is -0.508 e. The van der Waals surface area contributed by atoms with Crippen molar-refractivity contribution in [2.45, 2.75) is 6.54 Å². The Bertz CT molecular complexity index is 311. The molecular weight excluding hydrogens is 194 g/mol. The average molecular weight is 209 g/mol. The van der Waals surface area contributed by atoms with Crippen LogP contribution in [0.3, 0.4) is 0 Å². The zero-order valence-corrected chi connectivity index (χ0v) is 8.36. The molecule has 0 aromatic heterocycles. The van der Waals surface area contributed by atoms with Gasteiger partial charge in [-0.05, 0) is 17.7 Å². The molecule has 5 N–H and O–H groups in total. The van der Waals surface area contributed by atoms with E-state index in [2.05, 4.69) is 10.6 Å². The highest BCUT2D eigenvalue weighted by molar-refractivity contribution is 5.73. The molecule has 2 amide bonds. The molecule has 0 aliphatic carbocycles. The number of amides is 2. The Morgan fingerprint density at radius 2 is 1.93 bits per heavy atom. The first-order valence-electron chi connectivity index (χ1n) is 4.72. The van der Waals surface area contributed by atoms with Crippen LogP contribution in [0.15, 0.2) is 24.3 Å². The monoisotopic (exact) mass is 209 g/mol. The van der Waals surface area contributed by atoms with Gasteiger partial charge in [-0.3, -0.25) is 0 Å². The first kappa shape index (κ1) is 11.3. The molecular formula is C10H15N3O2. The Morgan fingerprint density at radius 1 is 1.27 bits per heavy atom. The summed E-state index contributed by atoms with van der Waals surface area (Å²) in [5.74, 6) is 0.214. The number of benzene rings is 1. The third-order valence-corrected chi connectivity index (χ3v) is 1.82. The molecule has 1 aromatic rings. The molecule has 0 fully saturated rings. The molecule has 0 heterocycles. The van der Waals surface area contributed by atoms with Crippen LogP contribution < -0.4 is 16.4 Å². The number of phenols is 1. The SMILES string of the molecule is NCCNC(=O)NCc1ccc(O)cc1. The Kier molecular flexibility index (Phi) is 4.43. The van der Waals surface area contributed by atoms with Gasteiger partial charge in [-0.25, -0.2) is 4.79 Å². The molecule has 0 spiro atoms. The number of rotatable bonds is 4. The molecule has 5 nitrogen and oxygen atoms in total. The topological polar surface area (TPSA) is 87.4 Å². The predicted molar refractivity (Wildman–Crippen MR) is 57.4 cm³/mol. The van der Waals surface area contributed by atoms with E-state index in [0.717, 1.165) is 5.56 Å². The maximum Gasteiger partial charge on any atom is 0.315 e. The van der Waals surface area contributed by atoms with Crippen molar-refractivity contribution >= 4 is 6.03 Å². The van der Waals surface area contributed by atoms with Gasteiger partial charge in [-0.1, -0.05) is 12.1 Å². The predicted octanol–water partition coefficient (Wildman–Crippen LogP) is 0.150. The first-order valence-corrected chi connectivity index (χ1v) is 4.72. The van der Waals surface area contributed by atoms with Crippen LogP contribution in [0.2, 0.25) is 0 Å². The summed E-state index contributed by atoms with van der Waals surface area (Å²) in [5.41, 5.74) is 6.16. The zero-order valence-electron chi connectivity index (χ0n) is 8.36. The molecule has 1 rings (SSSR count). The van der Waals surface area contributed by atoms with Gasteiger partial charge in [0.2, 0.25) is 0 Å². The summed E-state index contributed by atoms with van der Waals surface area (Å²) in [7, 11) is 0. The van der Waals surface area contributed by atoms with E-state index in [1.54, 1.807) is 24.3 Å². The summed E-state index contributed by atoms with van der Waals surface area (Å²) in [4.78, 5) is 11.1. The van der Waals surface area contributed by atoms with Crippen molar-refractivity contribution in [3.05, 3.63) is 29.8 Å². The van der Waals surface area contributed by atoms with Gasteiger partial charge in [0.05, 0.1) is 0 Å². The van der Waals surface area contributed by atoms with Crippen molar-refractivity contribution in [3.8, 4) is 5.75 Å². The fraction of sp³-hybridized carbons (Fsp3) is 0.300. The normalized spacial score (nSPS) is 9.67. The summed E-state index contributed by atoms with van der Waals surface area (Å²) in [6.45, 7) is 1.31. The van der Waals surface area contributed by atoms with Crippen molar-refractivity contribution in [1.29, 1.82) is 0 Å². The summed E-state index contributed by atoms with van der Waals surface area (Å²) >= 11 is 0. The van der Waals surface area contributed by atoms with E-state index in [0.29, 0.717) is 19.6 Å². The molecule has 0 radical (unpaired) electrons. The molecule has 0 saturated carbocycles. The summed E-state index contributed by atoms with van der Waals surface area (Å²) < 4.78 is 0. The van der Waals surface area contributed by atoms with Crippen molar-refractivity contribution < 1.29 is 9.90 Å². The van der Waals surface area contributed by atoms with Crippen LogP contribution in [0.5, 0.6) is 5.75 Å². The number of aromatic hydroxyl groups is 1. The van der Waals surface area contributed by atoms with Crippen LogP contribution in [0.1, 0.15) is 5.56 Å². The lowest BCUT2D eigenvalue weighted by Gasteiger charge is -2.06. The van der Waals surface area contributed by atoms with Gasteiger partial charge in [0.15, 0.2) is 0 Å². The van der Waals surface area contributed by atoms with E-state index in [1.165, 1.54) is 0 Å². The van der Waals surface area contributed by atoms with Crippen LogP contribution in [0.4, 0.5) is 4.79 Å². The van der Waals surface area contributed by atoms with Gasteiger partial charge in [0.1, 0.15) is 5.75 Å². The van der Waals surface area contributed by atoms with Crippen molar-refractivity contribution in [2.75, 3.05) is 13.1 Å². The molecule has 0 aliphatic heterocycles. The third-order valence-electron chi connectivity index (χ3n) is 1.82. The summed E-state index contributed by atoms with van der Waals surface area (Å²) in [6.07, 6.45) is 0. The van der Waals surface area contributed by atoms with Gasteiger partial charge < -0.3 is 21.5 Å². The second kappa shape index (κ2) is 5.87. The van der Waals surface area contributed by atoms with E-state index >= 15 is 0 Å². The van der Waals surface area contributed by atoms with Crippen molar-refractivity contribution in [3.63, 3.8) is 0 Å². The van der Waals surface area contributed by atoms with Gasteiger partial charge in [0.25, 0.3) is 0 Å². The Morgan fingerprint density at radius 3 is 2.53 bits per heavy atom. The molecule has 0 atom stereocenters. The number of hydrogen-bond donors (Lipinski definition) is 4. The van der Waals surface area contributed by atoms with E-state index < -0.39 is 0 Å². The second-order valence-corrected chi connectivity index (χ2v) is 3.06. The first-order chi connectivity index (χ1) is 7.22. The Balaban J connectivity index is 2.30. The molecule has 15 heavy (non-hydrogen) atoms. The lowest BCUT2D eigenvalue weighted by atomic mass is 10.2.